The fraction of sp³-hybridized carbons (Fsp3) is 0.483. The number of anilines is 3. The molecule has 1 saturated heterocycles. The van der Waals surface area contributed by atoms with Crippen molar-refractivity contribution in [2.24, 2.45) is 0 Å². The number of esters is 1. The Hall–Kier alpha value is -3.79. The van der Waals surface area contributed by atoms with E-state index < -0.39 is 5.97 Å². The minimum Gasteiger partial charge on any atom is -0.495 e. The molecule has 3 rings (SSSR count). The molecule has 0 spiro atoms. The molecule has 0 radical (unpaired) electrons. The van der Waals surface area contributed by atoms with Crippen molar-refractivity contribution in [3.8, 4) is 5.75 Å². The largest absolute Gasteiger partial charge is 0.495 e. The summed E-state index contributed by atoms with van der Waals surface area (Å²) in [5.41, 5.74) is 2.84. The number of piperazine rings is 1. The molecule has 2 N–H and O–H groups in total. The predicted octanol–water partition coefficient (Wildman–Crippen LogP) is 3.46. The van der Waals surface area contributed by atoms with Gasteiger partial charge in [-0.15, -0.1) is 0 Å². The maximum Gasteiger partial charge on any atom is 0.306 e. The van der Waals surface area contributed by atoms with E-state index in [1.807, 2.05) is 31.2 Å². The van der Waals surface area contributed by atoms with Gasteiger partial charge in [0.15, 0.2) is 0 Å². The molecule has 10 nitrogen and oxygen atoms in total. The zero-order valence-corrected chi connectivity index (χ0v) is 23.2. The molecule has 2 aromatic carbocycles. The van der Waals surface area contributed by atoms with Crippen molar-refractivity contribution in [1.82, 2.24) is 5.32 Å². The van der Waals surface area contributed by atoms with Gasteiger partial charge in [0.1, 0.15) is 5.75 Å². The molecule has 0 saturated carbocycles. The van der Waals surface area contributed by atoms with Crippen molar-refractivity contribution in [3.63, 3.8) is 0 Å². The number of benzene rings is 2. The number of carbonyl (C=O) groups excluding carboxylic acids is 3. The first-order chi connectivity index (χ1) is 19.0. The highest BCUT2D eigenvalue weighted by Crippen LogP contribution is 2.31. The third kappa shape index (κ3) is 8.88. The standard InChI is InChI=1S/C29H40N4O6/c1-4-38-20-8-15-30-29(36)23-21-22(31-27(34)13-14-28(35)39-5-2)11-12-24(23)32-16-18-33(19-17-32)25-9-6-7-10-26(25)37-3/h6-7,9-12,21H,4-5,8,13-20H2,1-3H3,(H,30,36)(H,31,34). The number of nitrogens with zero attached hydrogens (tertiary/aromatic N) is 2. The van der Waals surface area contributed by atoms with Crippen LogP contribution in [-0.2, 0) is 19.1 Å². The van der Waals surface area contributed by atoms with E-state index in [0.717, 1.165) is 30.2 Å². The van der Waals surface area contributed by atoms with E-state index in [1.165, 1.54) is 0 Å². The Kier molecular flexibility index (Phi) is 11.9. The average molecular weight is 541 g/mol. The van der Waals surface area contributed by atoms with E-state index in [2.05, 4.69) is 26.5 Å². The van der Waals surface area contributed by atoms with Gasteiger partial charge in [0, 0.05) is 63.7 Å². The van der Waals surface area contributed by atoms with Crippen molar-refractivity contribution in [2.75, 3.05) is 74.8 Å². The number of hydrogen-bond acceptors (Lipinski definition) is 8. The van der Waals surface area contributed by atoms with Gasteiger partial charge in [0.05, 0.1) is 31.4 Å². The van der Waals surface area contributed by atoms with Crippen LogP contribution in [0.4, 0.5) is 17.1 Å². The molecule has 1 aliphatic heterocycles. The van der Waals surface area contributed by atoms with Crippen LogP contribution >= 0.6 is 0 Å². The molecule has 0 aliphatic carbocycles. The van der Waals surface area contributed by atoms with Gasteiger partial charge in [0.25, 0.3) is 5.91 Å². The molecule has 39 heavy (non-hydrogen) atoms. The first-order valence-electron chi connectivity index (χ1n) is 13.5. The van der Waals surface area contributed by atoms with E-state index in [-0.39, 0.29) is 31.3 Å². The van der Waals surface area contributed by atoms with Crippen LogP contribution in [0.15, 0.2) is 42.5 Å². The van der Waals surface area contributed by atoms with E-state index in [0.29, 0.717) is 50.5 Å². The highest BCUT2D eigenvalue weighted by atomic mass is 16.5. The lowest BCUT2D eigenvalue weighted by atomic mass is 10.1. The third-order valence-corrected chi connectivity index (χ3v) is 6.39. The second kappa shape index (κ2) is 15.6. The number of nitrogens with one attached hydrogen (secondary N) is 2. The van der Waals surface area contributed by atoms with Gasteiger partial charge in [-0.25, -0.2) is 0 Å². The fourth-order valence-corrected chi connectivity index (χ4v) is 4.44. The summed E-state index contributed by atoms with van der Waals surface area (Å²) in [5, 5.41) is 5.78. The molecule has 2 aromatic rings. The molecule has 0 atom stereocenters. The summed E-state index contributed by atoms with van der Waals surface area (Å²) in [5.74, 6) is -0.107. The van der Waals surface area contributed by atoms with Gasteiger partial charge in [0.2, 0.25) is 5.91 Å². The number of ether oxygens (including phenoxy) is 3. The summed E-state index contributed by atoms with van der Waals surface area (Å²) in [7, 11) is 1.67. The number of hydrogen-bond donors (Lipinski definition) is 2. The Morgan fingerprint density at radius 2 is 1.62 bits per heavy atom. The van der Waals surface area contributed by atoms with Crippen molar-refractivity contribution in [1.29, 1.82) is 0 Å². The Bertz CT molecular complexity index is 1100. The summed E-state index contributed by atoms with van der Waals surface area (Å²) < 4.78 is 15.8. The maximum absolute atomic E-state index is 13.3. The van der Waals surface area contributed by atoms with E-state index >= 15 is 0 Å². The van der Waals surface area contributed by atoms with Crippen LogP contribution in [0.25, 0.3) is 0 Å². The van der Waals surface area contributed by atoms with Crippen LogP contribution in [0, 0.1) is 0 Å². The smallest absolute Gasteiger partial charge is 0.306 e. The molecule has 10 heteroatoms. The monoisotopic (exact) mass is 540 g/mol. The highest BCUT2D eigenvalue weighted by molar-refractivity contribution is 6.02. The van der Waals surface area contributed by atoms with Crippen molar-refractivity contribution < 1.29 is 28.6 Å². The second-order valence-electron chi connectivity index (χ2n) is 9.04. The number of para-hydroxylation sites is 2. The average Bonchev–Trinajstić information content (AvgIpc) is 2.96. The fourth-order valence-electron chi connectivity index (χ4n) is 4.44. The molecule has 0 aromatic heterocycles. The molecule has 1 aliphatic rings. The Morgan fingerprint density at radius 1 is 0.897 bits per heavy atom. The highest BCUT2D eigenvalue weighted by Gasteiger charge is 2.24. The maximum atomic E-state index is 13.3. The lowest BCUT2D eigenvalue weighted by Crippen LogP contribution is -2.47. The molecule has 0 unspecified atom stereocenters. The minimum atomic E-state index is -0.414. The lowest BCUT2D eigenvalue weighted by molar-refractivity contribution is -0.144. The normalized spacial score (nSPS) is 13.1. The summed E-state index contributed by atoms with van der Waals surface area (Å²) in [4.78, 5) is 41.7. The number of methoxy groups -OCH3 is 1. The Morgan fingerprint density at radius 3 is 2.31 bits per heavy atom. The molecule has 2 amide bonds. The first-order valence-corrected chi connectivity index (χ1v) is 13.5. The third-order valence-electron chi connectivity index (χ3n) is 6.39. The van der Waals surface area contributed by atoms with Gasteiger partial charge >= 0.3 is 5.97 Å². The molecule has 1 fully saturated rings. The number of rotatable bonds is 14. The van der Waals surface area contributed by atoms with Gasteiger partial charge < -0.3 is 34.6 Å². The van der Waals surface area contributed by atoms with Crippen LogP contribution in [0.3, 0.4) is 0 Å². The molecular weight excluding hydrogens is 500 g/mol. The zero-order chi connectivity index (χ0) is 28.0. The summed E-state index contributed by atoms with van der Waals surface area (Å²) in [6, 6.07) is 13.3. The summed E-state index contributed by atoms with van der Waals surface area (Å²) >= 11 is 0. The molecule has 0 bridgehead atoms. The van der Waals surface area contributed by atoms with Crippen molar-refractivity contribution in [2.45, 2.75) is 33.1 Å². The topological polar surface area (TPSA) is 109 Å². The van der Waals surface area contributed by atoms with Gasteiger partial charge in [-0.3, -0.25) is 14.4 Å². The lowest BCUT2D eigenvalue weighted by Gasteiger charge is -2.38. The molecule has 212 valence electrons. The molecular formula is C29H40N4O6. The number of carbonyl (C=O) groups is 3. The van der Waals surface area contributed by atoms with E-state index in [4.69, 9.17) is 14.2 Å². The zero-order valence-electron chi connectivity index (χ0n) is 23.2. The van der Waals surface area contributed by atoms with Gasteiger partial charge in [-0.05, 0) is 50.6 Å². The van der Waals surface area contributed by atoms with Crippen molar-refractivity contribution >= 4 is 34.8 Å². The van der Waals surface area contributed by atoms with Crippen molar-refractivity contribution in [3.05, 3.63) is 48.0 Å². The van der Waals surface area contributed by atoms with Crippen LogP contribution in [-0.4, -0.2) is 77.4 Å². The van der Waals surface area contributed by atoms with Gasteiger partial charge in [-0.2, -0.15) is 0 Å². The second-order valence-corrected chi connectivity index (χ2v) is 9.04. The van der Waals surface area contributed by atoms with E-state index in [9.17, 15) is 14.4 Å². The Balaban J connectivity index is 1.72. The summed E-state index contributed by atoms with van der Waals surface area (Å²) in [6.45, 7) is 8.59. The van der Waals surface area contributed by atoms with E-state index in [1.54, 1.807) is 26.2 Å². The van der Waals surface area contributed by atoms with Crippen LogP contribution < -0.4 is 25.2 Å². The molecule has 1 heterocycles. The quantitative estimate of drug-likeness (QED) is 0.277. The van der Waals surface area contributed by atoms with Gasteiger partial charge in [-0.1, -0.05) is 12.1 Å². The SMILES string of the molecule is CCOCCCNC(=O)c1cc(NC(=O)CCC(=O)OCC)ccc1N1CCN(c2ccccc2OC)CC1. The summed E-state index contributed by atoms with van der Waals surface area (Å²) in [6.07, 6.45) is 0.711. The number of amides is 2. The van der Waals surface area contributed by atoms with Crippen LogP contribution in [0.2, 0.25) is 0 Å². The minimum absolute atomic E-state index is 0.00140. The first kappa shape index (κ1) is 29.8. The van der Waals surface area contributed by atoms with Crippen LogP contribution in [0.1, 0.15) is 43.5 Å². The Labute approximate surface area is 230 Å². The van der Waals surface area contributed by atoms with Crippen LogP contribution in [0.5, 0.6) is 5.75 Å². The predicted molar refractivity (Wildman–Crippen MR) is 152 cm³/mol.